The smallest absolute Gasteiger partial charge is 0.140 e. The molecule has 0 aliphatic carbocycles. The van der Waals surface area contributed by atoms with Gasteiger partial charge >= 0.3 is 0 Å². The van der Waals surface area contributed by atoms with E-state index in [2.05, 4.69) is 4.98 Å². The van der Waals surface area contributed by atoms with Gasteiger partial charge in [-0.05, 0) is 19.9 Å². The van der Waals surface area contributed by atoms with Gasteiger partial charge in [-0.25, -0.2) is 4.98 Å². The third-order valence-electron chi connectivity index (χ3n) is 2.37. The number of hydrogen-bond acceptors (Lipinski definition) is 2. The summed E-state index contributed by atoms with van der Waals surface area (Å²) in [6.45, 7) is 3.63. The summed E-state index contributed by atoms with van der Waals surface area (Å²) in [6.07, 6.45) is 0. The Labute approximate surface area is 87.2 Å². The summed E-state index contributed by atoms with van der Waals surface area (Å²) in [5, 5.41) is 11.2. The third-order valence-corrected chi connectivity index (χ3v) is 2.67. The largest absolute Gasteiger partial charge is 0.506 e. The van der Waals surface area contributed by atoms with Gasteiger partial charge in [-0.3, -0.25) is 0 Å². The molecule has 72 valence electrons. The van der Waals surface area contributed by atoms with Crippen LogP contribution in [0.3, 0.4) is 0 Å². The average Bonchev–Trinajstić information content (AvgIpc) is 2.17. The van der Waals surface area contributed by atoms with Crippen molar-refractivity contribution in [1.29, 1.82) is 0 Å². The van der Waals surface area contributed by atoms with Crippen molar-refractivity contribution in [2.24, 2.45) is 0 Å². The van der Waals surface area contributed by atoms with Crippen molar-refractivity contribution in [3.05, 3.63) is 34.5 Å². The molecule has 1 aromatic heterocycles. The molecule has 0 fully saturated rings. The van der Waals surface area contributed by atoms with Crippen LogP contribution < -0.4 is 0 Å². The average molecular weight is 208 g/mol. The van der Waals surface area contributed by atoms with E-state index in [4.69, 9.17) is 11.6 Å². The van der Waals surface area contributed by atoms with Crippen molar-refractivity contribution < 1.29 is 5.11 Å². The molecule has 1 aromatic carbocycles. The van der Waals surface area contributed by atoms with Crippen LogP contribution in [0.25, 0.3) is 10.9 Å². The highest BCUT2D eigenvalue weighted by Crippen LogP contribution is 2.30. The van der Waals surface area contributed by atoms with E-state index in [-0.39, 0.29) is 5.75 Å². The topological polar surface area (TPSA) is 33.1 Å². The molecule has 0 saturated heterocycles. The lowest BCUT2D eigenvalue weighted by Crippen LogP contribution is -1.89. The number of fused-ring (bicyclic) bond motifs is 1. The molecule has 0 spiro atoms. The number of aromatic hydroxyl groups is 1. The van der Waals surface area contributed by atoms with E-state index in [1.807, 2.05) is 19.1 Å². The summed E-state index contributed by atoms with van der Waals surface area (Å²) in [5.41, 5.74) is 2.19. The fraction of sp³-hybridized carbons (Fsp3) is 0.182. The first kappa shape index (κ1) is 9.28. The lowest BCUT2D eigenvalue weighted by Gasteiger charge is -2.07. The minimum atomic E-state index is 0.250. The Kier molecular flexibility index (Phi) is 2.08. The summed E-state index contributed by atoms with van der Waals surface area (Å²) in [7, 11) is 0. The number of aromatic nitrogens is 1. The first-order valence-electron chi connectivity index (χ1n) is 4.35. The first-order chi connectivity index (χ1) is 6.61. The van der Waals surface area contributed by atoms with Crippen LogP contribution in [0.4, 0.5) is 0 Å². The number of hydrogen-bond donors (Lipinski definition) is 1. The number of pyridine rings is 1. The van der Waals surface area contributed by atoms with Crippen LogP contribution in [-0.2, 0) is 0 Å². The first-order valence-corrected chi connectivity index (χ1v) is 4.73. The molecule has 0 amide bonds. The van der Waals surface area contributed by atoms with Crippen LogP contribution in [0.1, 0.15) is 11.3 Å². The summed E-state index contributed by atoms with van der Waals surface area (Å²) in [5.74, 6) is 0.250. The molecule has 1 heterocycles. The van der Waals surface area contributed by atoms with Crippen LogP contribution in [0.15, 0.2) is 18.2 Å². The zero-order valence-electron chi connectivity index (χ0n) is 8.00. The van der Waals surface area contributed by atoms with Gasteiger partial charge in [-0.1, -0.05) is 23.7 Å². The molecule has 14 heavy (non-hydrogen) atoms. The zero-order chi connectivity index (χ0) is 10.3. The van der Waals surface area contributed by atoms with Gasteiger partial charge in [-0.2, -0.15) is 0 Å². The lowest BCUT2D eigenvalue weighted by atomic mass is 10.1. The Balaban J connectivity index is 2.98. The Morgan fingerprint density at radius 2 is 2.00 bits per heavy atom. The van der Waals surface area contributed by atoms with Gasteiger partial charge in [0.25, 0.3) is 0 Å². The molecule has 2 aromatic rings. The molecule has 0 saturated carbocycles. The highest BCUT2D eigenvalue weighted by Gasteiger charge is 2.09. The molecular weight excluding hydrogens is 198 g/mol. The quantitative estimate of drug-likeness (QED) is 0.720. The van der Waals surface area contributed by atoms with Gasteiger partial charge in [-0.15, -0.1) is 0 Å². The second-order valence-corrected chi connectivity index (χ2v) is 3.71. The van der Waals surface area contributed by atoms with Gasteiger partial charge in [0.1, 0.15) is 5.75 Å². The third kappa shape index (κ3) is 1.23. The van der Waals surface area contributed by atoms with E-state index in [0.717, 1.165) is 16.5 Å². The predicted molar refractivity (Wildman–Crippen MR) is 57.9 cm³/mol. The second kappa shape index (κ2) is 3.14. The van der Waals surface area contributed by atoms with Crippen molar-refractivity contribution in [1.82, 2.24) is 4.98 Å². The molecular formula is C11H10ClNO. The van der Waals surface area contributed by atoms with E-state index in [9.17, 15) is 5.11 Å². The molecule has 0 unspecified atom stereocenters. The monoisotopic (exact) mass is 207 g/mol. The Morgan fingerprint density at radius 1 is 1.29 bits per heavy atom. The van der Waals surface area contributed by atoms with Crippen molar-refractivity contribution in [2.45, 2.75) is 13.8 Å². The SMILES string of the molecule is Cc1nc2c(Cl)cccc2c(C)c1O. The molecule has 0 atom stereocenters. The zero-order valence-corrected chi connectivity index (χ0v) is 8.76. The van der Waals surface area contributed by atoms with Gasteiger partial charge in [0.05, 0.1) is 16.2 Å². The highest BCUT2D eigenvalue weighted by atomic mass is 35.5. The molecule has 0 aliphatic heterocycles. The molecule has 0 aliphatic rings. The normalized spacial score (nSPS) is 10.8. The molecule has 0 bridgehead atoms. The van der Waals surface area contributed by atoms with Crippen molar-refractivity contribution in [2.75, 3.05) is 0 Å². The van der Waals surface area contributed by atoms with E-state index >= 15 is 0 Å². The van der Waals surface area contributed by atoms with Gasteiger partial charge in [0, 0.05) is 10.9 Å². The maximum Gasteiger partial charge on any atom is 0.140 e. The number of halogens is 1. The number of para-hydroxylation sites is 1. The predicted octanol–water partition coefficient (Wildman–Crippen LogP) is 3.21. The molecule has 2 rings (SSSR count). The molecule has 2 nitrogen and oxygen atoms in total. The van der Waals surface area contributed by atoms with E-state index < -0.39 is 0 Å². The van der Waals surface area contributed by atoms with Gasteiger partial charge in [0.15, 0.2) is 0 Å². The minimum absolute atomic E-state index is 0.250. The van der Waals surface area contributed by atoms with Crippen LogP contribution in [-0.4, -0.2) is 10.1 Å². The van der Waals surface area contributed by atoms with Gasteiger partial charge < -0.3 is 5.11 Å². The summed E-state index contributed by atoms with van der Waals surface area (Å²) in [4.78, 5) is 4.25. The lowest BCUT2D eigenvalue weighted by molar-refractivity contribution is 0.465. The number of rotatable bonds is 0. The van der Waals surface area contributed by atoms with Crippen LogP contribution in [0.5, 0.6) is 5.75 Å². The van der Waals surface area contributed by atoms with Crippen molar-refractivity contribution in [3.8, 4) is 5.75 Å². The number of benzene rings is 1. The Bertz CT molecular complexity index is 508. The maximum atomic E-state index is 9.69. The van der Waals surface area contributed by atoms with Crippen molar-refractivity contribution in [3.63, 3.8) is 0 Å². The Morgan fingerprint density at radius 3 is 2.71 bits per heavy atom. The maximum absolute atomic E-state index is 9.69. The fourth-order valence-corrected chi connectivity index (χ4v) is 1.77. The fourth-order valence-electron chi connectivity index (χ4n) is 1.55. The van der Waals surface area contributed by atoms with Crippen LogP contribution >= 0.6 is 11.6 Å². The van der Waals surface area contributed by atoms with Gasteiger partial charge in [0.2, 0.25) is 0 Å². The second-order valence-electron chi connectivity index (χ2n) is 3.31. The Hall–Kier alpha value is -1.28. The summed E-state index contributed by atoms with van der Waals surface area (Å²) >= 11 is 6.01. The summed E-state index contributed by atoms with van der Waals surface area (Å²) in [6, 6.07) is 5.56. The van der Waals surface area contributed by atoms with E-state index in [1.165, 1.54) is 0 Å². The van der Waals surface area contributed by atoms with Crippen LogP contribution in [0, 0.1) is 13.8 Å². The molecule has 3 heteroatoms. The minimum Gasteiger partial charge on any atom is -0.506 e. The van der Waals surface area contributed by atoms with Crippen LogP contribution in [0.2, 0.25) is 5.02 Å². The number of aryl methyl sites for hydroxylation is 2. The standard InChI is InChI=1S/C11H10ClNO/c1-6-8-4-3-5-9(12)10(8)13-7(2)11(6)14/h3-5,14H,1-2H3. The van der Waals surface area contributed by atoms with E-state index in [0.29, 0.717) is 10.7 Å². The highest BCUT2D eigenvalue weighted by molar-refractivity contribution is 6.35. The molecule has 1 N–H and O–H groups in total. The van der Waals surface area contributed by atoms with Crippen molar-refractivity contribution >= 4 is 22.5 Å². The summed E-state index contributed by atoms with van der Waals surface area (Å²) < 4.78 is 0. The molecule has 0 radical (unpaired) electrons. The number of nitrogens with zero attached hydrogens (tertiary/aromatic N) is 1. The van der Waals surface area contributed by atoms with E-state index in [1.54, 1.807) is 13.0 Å².